The highest BCUT2D eigenvalue weighted by Crippen LogP contribution is 2.26. The van der Waals surface area contributed by atoms with Gasteiger partial charge in [-0.25, -0.2) is 16.8 Å². The lowest BCUT2D eigenvalue weighted by Gasteiger charge is -2.28. The second-order valence-electron chi connectivity index (χ2n) is 15.2. The Labute approximate surface area is 380 Å². The zero-order valence-corrected chi connectivity index (χ0v) is 39.9. The third-order valence-electron chi connectivity index (χ3n) is 10.2. The summed E-state index contributed by atoms with van der Waals surface area (Å²) in [5.74, 6) is 1.85. The fraction of sp³-hybridized carbons (Fsp3) is 0.375. The number of carbonyl (C=O) groups excluding carboxylic acids is 2. The van der Waals surface area contributed by atoms with Gasteiger partial charge in [0.15, 0.2) is 10.5 Å². The Morgan fingerprint density at radius 1 is 0.469 bits per heavy atom. The van der Waals surface area contributed by atoms with Crippen LogP contribution in [0.5, 0.6) is 23.0 Å². The van der Waals surface area contributed by atoms with Crippen molar-refractivity contribution in [2.24, 2.45) is 0 Å². The van der Waals surface area contributed by atoms with Crippen LogP contribution in [0.4, 0.5) is 0 Å². The number of nitrogens with zero attached hydrogens (tertiary/aromatic N) is 4. The predicted octanol–water partition coefficient (Wildman–Crippen LogP) is 6.92. The van der Waals surface area contributed by atoms with E-state index in [9.17, 15) is 26.4 Å². The summed E-state index contributed by atoms with van der Waals surface area (Å²) in [4.78, 5) is 28.3. The van der Waals surface area contributed by atoms with Crippen molar-refractivity contribution in [1.29, 1.82) is 0 Å². The Balaban J connectivity index is 0.000000340. The molecule has 14 nitrogen and oxygen atoms in total. The SMILES string of the molecule is C=CCC[C@@H](C(=O)N(C)C)S(=O)(=O)N(Cc1ccc(OC)cc1)Cc1ccc(OC)cc1.C=CCC[C@H](C(=O)N(C)C)S(=O)(=O)N(Cc1ccc(OC)cc1)Cc1ccc(OC)cc1. The van der Waals surface area contributed by atoms with Gasteiger partial charge in [-0.2, -0.15) is 8.61 Å². The summed E-state index contributed by atoms with van der Waals surface area (Å²) in [6.45, 7) is 7.86. The highest BCUT2D eigenvalue weighted by molar-refractivity contribution is 7.90. The fourth-order valence-electron chi connectivity index (χ4n) is 6.48. The minimum atomic E-state index is -3.98. The van der Waals surface area contributed by atoms with Crippen LogP contribution >= 0.6 is 0 Å². The largest absolute Gasteiger partial charge is 0.497 e. The summed E-state index contributed by atoms with van der Waals surface area (Å²) in [6.07, 6.45) is 4.44. The lowest BCUT2D eigenvalue weighted by atomic mass is 10.2. The van der Waals surface area contributed by atoms with Crippen molar-refractivity contribution in [3.63, 3.8) is 0 Å². The summed E-state index contributed by atoms with van der Waals surface area (Å²) < 4.78 is 78.4. The lowest BCUT2D eigenvalue weighted by molar-refractivity contribution is -0.129. The van der Waals surface area contributed by atoms with Gasteiger partial charge in [-0.15, -0.1) is 13.2 Å². The van der Waals surface area contributed by atoms with Crippen molar-refractivity contribution in [3.05, 3.63) is 145 Å². The summed E-state index contributed by atoms with van der Waals surface area (Å²) in [6, 6.07) is 28.9. The van der Waals surface area contributed by atoms with Gasteiger partial charge >= 0.3 is 0 Å². The normalized spacial score (nSPS) is 12.3. The first kappa shape index (κ1) is 52.7. The summed E-state index contributed by atoms with van der Waals surface area (Å²) >= 11 is 0. The van der Waals surface area contributed by atoms with E-state index in [0.717, 1.165) is 22.3 Å². The van der Waals surface area contributed by atoms with Crippen LogP contribution in [-0.2, 0) is 55.8 Å². The first-order chi connectivity index (χ1) is 30.4. The molecule has 64 heavy (non-hydrogen) atoms. The maximum Gasteiger partial charge on any atom is 0.241 e. The highest BCUT2D eigenvalue weighted by atomic mass is 32.2. The van der Waals surface area contributed by atoms with Crippen molar-refractivity contribution in [2.75, 3.05) is 56.6 Å². The topological polar surface area (TPSA) is 152 Å². The Kier molecular flexibility index (Phi) is 21.0. The second kappa shape index (κ2) is 25.6. The zero-order chi connectivity index (χ0) is 47.5. The molecule has 0 N–H and O–H groups in total. The molecule has 0 heterocycles. The number of hydrogen-bond acceptors (Lipinski definition) is 10. The van der Waals surface area contributed by atoms with Gasteiger partial charge in [-0.3, -0.25) is 9.59 Å². The molecule has 4 aromatic carbocycles. The molecule has 0 radical (unpaired) electrons. The van der Waals surface area contributed by atoms with E-state index in [1.54, 1.807) is 117 Å². The lowest BCUT2D eigenvalue weighted by Crippen LogP contribution is -2.46. The van der Waals surface area contributed by atoms with E-state index in [1.165, 1.54) is 18.4 Å². The van der Waals surface area contributed by atoms with Gasteiger partial charge in [0.25, 0.3) is 0 Å². The second-order valence-corrected chi connectivity index (χ2v) is 19.4. The number of carbonyl (C=O) groups is 2. The van der Waals surface area contributed by atoms with Crippen LogP contribution in [0.25, 0.3) is 0 Å². The number of sulfonamides is 2. The molecule has 2 amide bonds. The van der Waals surface area contributed by atoms with Crippen LogP contribution < -0.4 is 18.9 Å². The molecule has 16 heteroatoms. The minimum Gasteiger partial charge on any atom is -0.497 e. The van der Waals surface area contributed by atoms with E-state index in [-0.39, 0.29) is 39.0 Å². The molecule has 0 saturated heterocycles. The molecule has 2 atom stereocenters. The van der Waals surface area contributed by atoms with Crippen LogP contribution in [-0.4, -0.2) is 114 Å². The monoisotopic (exact) mass is 920 g/mol. The molecule has 0 bridgehead atoms. The van der Waals surface area contributed by atoms with Gasteiger partial charge in [0, 0.05) is 54.4 Å². The van der Waals surface area contributed by atoms with E-state index in [2.05, 4.69) is 13.2 Å². The number of benzene rings is 4. The maximum atomic E-state index is 13.7. The molecule has 4 aromatic rings. The van der Waals surface area contributed by atoms with Crippen LogP contribution in [0.3, 0.4) is 0 Å². The maximum absolute atomic E-state index is 13.7. The van der Waals surface area contributed by atoms with Gasteiger partial charge in [0.1, 0.15) is 23.0 Å². The Morgan fingerprint density at radius 2 is 0.688 bits per heavy atom. The van der Waals surface area contributed by atoms with Crippen LogP contribution in [0.15, 0.2) is 122 Å². The smallest absolute Gasteiger partial charge is 0.241 e. The average Bonchev–Trinajstić information content (AvgIpc) is 3.29. The van der Waals surface area contributed by atoms with Crippen LogP contribution in [0.2, 0.25) is 0 Å². The van der Waals surface area contributed by atoms with E-state index in [1.807, 2.05) is 48.5 Å². The first-order valence-corrected chi connectivity index (χ1v) is 23.6. The van der Waals surface area contributed by atoms with Crippen LogP contribution in [0, 0.1) is 0 Å². The van der Waals surface area contributed by atoms with Gasteiger partial charge in [-0.05, 0) is 96.5 Å². The molecule has 0 aliphatic carbocycles. The molecule has 0 aliphatic rings. The number of hydrogen-bond donors (Lipinski definition) is 0. The number of rotatable bonds is 24. The highest BCUT2D eigenvalue weighted by Gasteiger charge is 2.39. The van der Waals surface area contributed by atoms with Crippen molar-refractivity contribution in [3.8, 4) is 23.0 Å². The van der Waals surface area contributed by atoms with E-state index >= 15 is 0 Å². The molecule has 0 fully saturated rings. The molecule has 0 saturated carbocycles. The predicted molar refractivity (Wildman–Crippen MR) is 252 cm³/mol. The molecule has 4 rings (SSSR count). The Morgan fingerprint density at radius 3 is 0.859 bits per heavy atom. The van der Waals surface area contributed by atoms with Gasteiger partial charge in [0.05, 0.1) is 28.4 Å². The molecular formula is C48H64N4O10S2. The molecular weight excluding hydrogens is 857 g/mol. The van der Waals surface area contributed by atoms with Crippen molar-refractivity contribution in [1.82, 2.24) is 18.4 Å². The number of allylic oxidation sites excluding steroid dienone is 2. The van der Waals surface area contributed by atoms with Crippen LogP contribution in [0.1, 0.15) is 47.9 Å². The minimum absolute atomic E-state index is 0.129. The molecule has 0 spiro atoms. The molecule has 348 valence electrons. The average molecular weight is 921 g/mol. The number of methoxy groups -OCH3 is 4. The summed E-state index contributed by atoms with van der Waals surface area (Å²) in [7, 11) is 4.61. The Hall–Kier alpha value is -5.68. The zero-order valence-electron chi connectivity index (χ0n) is 38.3. The third-order valence-corrected chi connectivity index (χ3v) is 14.5. The third kappa shape index (κ3) is 15.2. The van der Waals surface area contributed by atoms with Gasteiger partial charge in [0.2, 0.25) is 31.9 Å². The summed E-state index contributed by atoms with van der Waals surface area (Å²) in [5, 5.41) is -2.38. The van der Waals surface area contributed by atoms with Crippen molar-refractivity contribution >= 4 is 31.9 Å². The van der Waals surface area contributed by atoms with Crippen molar-refractivity contribution < 1.29 is 45.4 Å². The molecule has 0 aromatic heterocycles. The van der Waals surface area contributed by atoms with Crippen molar-refractivity contribution in [2.45, 2.75) is 62.4 Å². The first-order valence-electron chi connectivity index (χ1n) is 20.6. The quantitative estimate of drug-likeness (QED) is 0.0678. The number of ether oxygens (including phenoxy) is 4. The number of amides is 2. The fourth-order valence-corrected chi connectivity index (χ4v) is 10.3. The summed E-state index contributed by atoms with van der Waals surface area (Å²) in [5.41, 5.74) is 3.18. The van der Waals surface area contributed by atoms with Gasteiger partial charge in [-0.1, -0.05) is 60.7 Å². The standard InChI is InChI=1S/2C24H32N2O5S/c2*1-6-7-8-23(24(27)25(2)3)32(28,29)26(17-19-9-13-21(30-4)14-10-19)18-20-11-15-22(31-5)16-12-20/h2*6,9-16,23H,1,7-8,17-18H2,2-5H3/t2*23-/m10/s1. The molecule has 0 aliphatic heterocycles. The van der Waals surface area contributed by atoms with E-state index in [4.69, 9.17) is 18.9 Å². The van der Waals surface area contributed by atoms with E-state index in [0.29, 0.717) is 35.8 Å². The molecule has 0 unspecified atom stereocenters. The van der Waals surface area contributed by atoms with E-state index < -0.39 is 42.4 Å². The Bertz CT molecular complexity index is 2040. The van der Waals surface area contributed by atoms with Gasteiger partial charge < -0.3 is 28.7 Å².